The van der Waals surface area contributed by atoms with E-state index in [1.165, 1.54) is 7.11 Å². The fraction of sp³-hybridized carbons (Fsp3) is 0.200. The highest BCUT2D eigenvalue weighted by Gasteiger charge is 2.04. The minimum Gasteiger partial charge on any atom is -0.469 e. The number of halogens is 2. The molecule has 20 heavy (non-hydrogen) atoms. The second kappa shape index (κ2) is 6.73. The SMILES string of the molecule is COC(=O)CCc1ccc(-c2cc(Cl)nc(Cl)c2)cc1. The Morgan fingerprint density at radius 1 is 1.10 bits per heavy atom. The molecule has 0 saturated carbocycles. The topological polar surface area (TPSA) is 39.2 Å². The predicted molar refractivity (Wildman–Crippen MR) is 80.0 cm³/mol. The number of aromatic nitrogens is 1. The molecule has 104 valence electrons. The largest absolute Gasteiger partial charge is 0.469 e. The zero-order valence-corrected chi connectivity index (χ0v) is 12.4. The molecule has 1 heterocycles. The minimum atomic E-state index is -0.207. The van der Waals surface area contributed by atoms with Crippen LogP contribution in [0, 0.1) is 0 Å². The van der Waals surface area contributed by atoms with Gasteiger partial charge < -0.3 is 4.74 Å². The molecule has 2 rings (SSSR count). The van der Waals surface area contributed by atoms with Gasteiger partial charge in [-0.1, -0.05) is 47.5 Å². The summed E-state index contributed by atoms with van der Waals surface area (Å²) in [6, 6.07) is 11.4. The second-order valence-electron chi connectivity index (χ2n) is 4.27. The molecule has 1 aromatic heterocycles. The minimum absolute atomic E-state index is 0.207. The summed E-state index contributed by atoms with van der Waals surface area (Å²) >= 11 is 11.8. The first-order valence-electron chi connectivity index (χ1n) is 6.07. The maximum atomic E-state index is 11.1. The average Bonchev–Trinajstić information content (AvgIpc) is 2.44. The molecular formula is C15H13Cl2NO2. The maximum Gasteiger partial charge on any atom is 0.305 e. The Balaban J connectivity index is 2.13. The molecule has 0 radical (unpaired) electrons. The quantitative estimate of drug-likeness (QED) is 0.629. The molecule has 2 aromatic rings. The van der Waals surface area contributed by atoms with Crippen LogP contribution in [0.15, 0.2) is 36.4 Å². The van der Waals surface area contributed by atoms with E-state index in [9.17, 15) is 4.79 Å². The van der Waals surface area contributed by atoms with Crippen LogP contribution in [0.4, 0.5) is 0 Å². The number of hydrogen-bond acceptors (Lipinski definition) is 3. The fourth-order valence-electron chi connectivity index (χ4n) is 1.84. The number of pyridine rings is 1. The molecule has 0 fully saturated rings. The van der Waals surface area contributed by atoms with E-state index in [1.54, 1.807) is 12.1 Å². The third-order valence-electron chi connectivity index (χ3n) is 2.90. The lowest BCUT2D eigenvalue weighted by Gasteiger charge is -2.05. The van der Waals surface area contributed by atoms with Crippen molar-refractivity contribution in [3.05, 3.63) is 52.3 Å². The zero-order chi connectivity index (χ0) is 14.5. The van der Waals surface area contributed by atoms with Gasteiger partial charge in [0, 0.05) is 6.42 Å². The van der Waals surface area contributed by atoms with Gasteiger partial charge in [0.05, 0.1) is 7.11 Å². The molecule has 0 bridgehead atoms. The first kappa shape index (κ1) is 14.8. The number of carbonyl (C=O) groups excluding carboxylic acids is 1. The summed E-state index contributed by atoms with van der Waals surface area (Å²) in [7, 11) is 1.39. The Kier molecular flexibility index (Phi) is 4.99. The number of carbonyl (C=O) groups is 1. The first-order chi connectivity index (χ1) is 9.58. The lowest BCUT2D eigenvalue weighted by atomic mass is 10.0. The molecule has 0 amide bonds. The van der Waals surface area contributed by atoms with Gasteiger partial charge in [0.25, 0.3) is 0 Å². The molecule has 0 aliphatic heterocycles. The van der Waals surface area contributed by atoms with Gasteiger partial charge in [-0.15, -0.1) is 0 Å². The molecule has 0 unspecified atom stereocenters. The smallest absolute Gasteiger partial charge is 0.305 e. The zero-order valence-electron chi connectivity index (χ0n) is 10.9. The van der Waals surface area contributed by atoms with Crippen LogP contribution in [0.25, 0.3) is 11.1 Å². The van der Waals surface area contributed by atoms with Crippen molar-refractivity contribution in [3.8, 4) is 11.1 Å². The number of esters is 1. The summed E-state index contributed by atoms with van der Waals surface area (Å²) in [6.45, 7) is 0. The molecule has 0 atom stereocenters. The van der Waals surface area contributed by atoms with E-state index in [0.29, 0.717) is 23.1 Å². The van der Waals surface area contributed by atoms with Crippen LogP contribution in [0.1, 0.15) is 12.0 Å². The van der Waals surface area contributed by atoms with Crippen molar-refractivity contribution < 1.29 is 9.53 Å². The predicted octanol–water partition coefficient (Wildman–Crippen LogP) is 4.16. The summed E-state index contributed by atoms with van der Waals surface area (Å²) in [5.74, 6) is -0.207. The normalized spacial score (nSPS) is 10.3. The van der Waals surface area contributed by atoms with E-state index in [2.05, 4.69) is 9.72 Å². The van der Waals surface area contributed by atoms with Gasteiger partial charge in [0.2, 0.25) is 0 Å². The number of aryl methyl sites for hydroxylation is 1. The van der Waals surface area contributed by atoms with Crippen LogP contribution in [0.3, 0.4) is 0 Å². The van der Waals surface area contributed by atoms with Crippen molar-refractivity contribution in [3.63, 3.8) is 0 Å². The van der Waals surface area contributed by atoms with Gasteiger partial charge in [0.1, 0.15) is 10.3 Å². The van der Waals surface area contributed by atoms with E-state index in [4.69, 9.17) is 23.2 Å². The highest BCUT2D eigenvalue weighted by atomic mass is 35.5. The van der Waals surface area contributed by atoms with Crippen molar-refractivity contribution in [2.24, 2.45) is 0 Å². The molecule has 0 spiro atoms. The Morgan fingerprint density at radius 3 is 2.25 bits per heavy atom. The highest BCUT2D eigenvalue weighted by molar-refractivity contribution is 6.32. The van der Waals surface area contributed by atoms with Crippen LogP contribution >= 0.6 is 23.2 Å². The number of rotatable bonds is 4. The number of hydrogen-bond donors (Lipinski definition) is 0. The number of methoxy groups -OCH3 is 1. The molecule has 1 aromatic carbocycles. The van der Waals surface area contributed by atoms with Gasteiger partial charge in [-0.3, -0.25) is 4.79 Å². The molecule has 0 aliphatic rings. The second-order valence-corrected chi connectivity index (χ2v) is 5.05. The molecule has 0 aliphatic carbocycles. The van der Waals surface area contributed by atoms with Crippen molar-refractivity contribution >= 4 is 29.2 Å². The standard InChI is InChI=1S/C15H13Cl2NO2/c1-20-15(19)7-4-10-2-5-11(6-3-10)12-8-13(16)18-14(17)9-12/h2-3,5-6,8-9H,4,7H2,1H3. The van der Waals surface area contributed by atoms with Crippen LogP contribution in [0.2, 0.25) is 10.3 Å². The van der Waals surface area contributed by atoms with Gasteiger partial charge in [0.15, 0.2) is 0 Å². The van der Waals surface area contributed by atoms with Crippen molar-refractivity contribution in [1.82, 2.24) is 4.98 Å². The molecule has 0 saturated heterocycles. The third-order valence-corrected chi connectivity index (χ3v) is 3.28. The number of benzene rings is 1. The van der Waals surface area contributed by atoms with Crippen LogP contribution in [0.5, 0.6) is 0 Å². The van der Waals surface area contributed by atoms with Gasteiger partial charge in [-0.05, 0) is 35.2 Å². The summed E-state index contributed by atoms with van der Waals surface area (Å²) in [6.07, 6.45) is 1.04. The van der Waals surface area contributed by atoms with Gasteiger partial charge >= 0.3 is 5.97 Å². The van der Waals surface area contributed by atoms with Crippen molar-refractivity contribution in [2.45, 2.75) is 12.8 Å². The first-order valence-corrected chi connectivity index (χ1v) is 6.83. The monoisotopic (exact) mass is 309 g/mol. The summed E-state index contributed by atoms with van der Waals surface area (Å²) in [5.41, 5.74) is 2.98. The van der Waals surface area contributed by atoms with Gasteiger partial charge in [-0.25, -0.2) is 4.98 Å². The Labute approximate surface area is 127 Å². The summed E-state index contributed by atoms with van der Waals surface area (Å²) < 4.78 is 4.62. The Morgan fingerprint density at radius 2 is 1.70 bits per heavy atom. The molecule has 5 heteroatoms. The summed E-state index contributed by atoms with van der Waals surface area (Å²) in [5, 5.41) is 0.726. The maximum absolute atomic E-state index is 11.1. The Hall–Kier alpha value is -1.58. The average molecular weight is 310 g/mol. The molecule has 3 nitrogen and oxygen atoms in total. The van der Waals surface area contributed by atoms with Crippen LogP contribution in [-0.4, -0.2) is 18.1 Å². The van der Waals surface area contributed by atoms with E-state index in [-0.39, 0.29) is 5.97 Å². The number of ether oxygens (including phenoxy) is 1. The molecule has 0 N–H and O–H groups in total. The van der Waals surface area contributed by atoms with Crippen LogP contribution in [-0.2, 0) is 16.0 Å². The Bertz CT molecular complexity index is 592. The third kappa shape index (κ3) is 3.95. The summed E-state index contributed by atoms with van der Waals surface area (Å²) in [4.78, 5) is 15.0. The van der Waals surface area contributed by atoms with E-state index >= 15 is 0 Å². The van der Waals surface area contributed by atoms with Gasteiger partial charge in [-0.2, -0.15) is 0 Å². The van der Waals surface area contributed by atoms with E-state index < -0.39 is 0 Å². The van der Waals surface area contributed by atoms with E-state index in [0.717, 1.165) is 16.7 Å². The van der Waals surface area contributed by atoms with E-state index in [1.807, 2.05) is 24.3 Å². The lowest BCUT2D eigenvalue weighted by Crippen LogP contribution is -2.01. The fourth-order valence-corrected chi connectivity index (χ4v) is 2.30. The van der Waals surface area contributed by atoms with Crippen molar-refractivity contribution in [2.75, 3.05) is 7.11 Å². The molecular weight excluding hydrogens is 297 g/mol. The number of nitrogens with zero attached hydrogens (tertiary/aromatic N) is 1. The lowest BCUT2D eigenvalue weighted by molar-refractivity contribution is -0.140. The van der Waals surface area contributed by atoms with Crippen LogP contribution < -0.4 is 0 Å². The van der Waals surface area contributed by atoms with Crippen molar-refractivity contribution in [1.29, 1.82) is 0 Å². The highest BCUT2D eigenvalue weighted by Crippen LogP contribution is 2.25.